The molecule has 2 N–H and O–H groups in total. The van der Waals surface area contributed by atoms with Crippen LogP contribution in [-0.2, 0) is 4.79 Å². The largest absolute Gasteiger partial charge is 0.481 e. The van der Waals surface area contributed by atoms with Crippen LogP contribution in [0.5, 0.6) is 0 Å². The summed E-state index contributed by atoms with van der Waals surface area (Å²) >= 11 is 0. The van der Waals surface area contributed by atoms with Gasteiger partial charge in [0.15, 0.2) is 6.10 Å². The van der Waals surface area contributed by atoms with Crippen molar-refractivity contribution in [1.82, 2.24) is 0 Å². The number of carboxylic acid groups (broad SMARTS) is 1. The van der Waals surface area contributed by atoms with Crippen molar-refractivity contribution in [2.24, 2.45) is 11.8 Å². The minimum absolute atomic E-state index is 0.123. The molecule has 1 aliphatic carbocycles. The lowest BCUT2D eigenvalue weighted by atomic mass is 9.79. The number of aliphatic hydroxyl groups is 1. The second kappa shape index (κ2) is 4.38. The van der Waals surface area contributed by atoms with Crippen molar-refractivity contribution in [2.75, 3.05) is 0 Å². The van der Waals surface area contributed by atoms with Gasteiger partial charge >= 0.3 is 12.1 Å². The Labute approximate surface area is 84.9 Å². The zero-order valence-electron chi connectivity index (χ0n) is 8.00. The monoisotopic (exact) mass is 226 g/mol. The lowest BCUT2D eigenvalue weighted by Crippen LogP contribution is -2.38. The topological polar surface area (TPSA) is 57.5 Å². The fourth-order valence-corrected chi connectivity index (χ4v) is 1.95. The van der Waals surface area contributed by atoms with Crippen molar-refractivity contribution < 1.29 is 28.2 Å². The van der Waals surface area contributed by atoms with E-state index in [-0.39, 0.29) is 25.7 Å². The Kier molecular flexibility index (Phi) is 3.59. The first kappa shape index (κ1) is 12.3. The first-order chi connectivity index (χ1) is 6.82. The Hall–Kier alpha value is -0.780. The van der Waals surface area contributed by atoms with Crippen LogP contribution in [0.25, 0.3) is 0 Å². The van der Waals surface area contributed by atoms with Gasteiger partial charge in [-0.1, -0.05) is 0 Å². The molecule has 1 atom stereocenters. The van der Waals surface area contributed by atoms with Gasteiger partial charge in [-0.2, -0.15) is 13.2 Å². The number of halogens is 3. The predicted octanol–water partition coefficient (Wildman–Crippen LogP) is 1.80. The van der Waals surface area contributed by atoms with Crippen LogP contribution in [0.3, 0.4) is 0 Å². The van der Waals surface area contributed by atoms with Gasteiger partial charge in [-0.3, -0.25) is 4.79 Å². The van der Waals surface area contributed by atoms with Crippen LogP contribution in [0.1, 0.15) is 25.7 Å². The molecule has 3 nitrogen and oxygen atoms in total. The van der Waals surface area contributed by atoms with Gasteiger partial charge in [-0.15, -0.1) is 0 Å². The van der Waals surface area contributed by atoms with Gasteiger partial charge in [-0.25, -0.2) is 0 Å². The maximum absolute atomic E-state index is 12.1. The first-order valence-electron chi connectivity index (χ1n) is 4.80. The summed E-state index contributed by atoms with van der Waals surface area (Å²) in [5.41, 5.74) is 0. The number of carboxylic acids is 1. The zero-order chi connectivity index (χ0) is 11.6. The van der Waals surface area contributed by atoms with Gasteiger partial charge in [0.25, 0.3) is 0 Å². The van der Waals surface area contributed by atoms with E-state index in [0.29, 0.717) is 0 Å². The van der Waals surface area contributed by atoms with E-state index in [1.54, 1.807) is 0 Å². The average Bonchev–Trinajstić information content (AvgIpc) is 2.15. The molecule has 0 bridgehead atoms. The Morgan fingerprint density at radius 1 is 1.20 bits per heavy atom. The molecular weight excluding hydrogens is 213 g/mol. The molecule has 0 amide bonds. The average molecular weight is 226 g/mol. The number of alkyl halides is 3. The minimum atomic E-state index is -4.60. The van der Waals surface area contributed by atoms with E-state index >= 15 is 0 Å². The summed E-state index contributed by atoms with van der Waals surface area (Å²) in [6.45, 7) is 0. The molecular formula is C9H13F3O3. The molecule has 15 heavy (non-hydrogen) atoms. The second-order valence-electron chi connectivity index (χ2n) is 3.94. The summed E-state index contributed by atoms with van der Waals surface area (Å²) < 4.78 is 36.4. The van der Waals surface area contributed by atoms with Gasteiger partial charge in [0.1, 0.15) is 0 Å². The molecule has 1 fully saturated rings. The maximum Gasteiger partial charge on any atom is 0.414 e. The molecule has 1 aliphatic rings. The maximum atomic E-state index is 12.1. The third kappa shape index (κ3) is 3.09. The Bertz CT molecular complexity index is 231. The van der Waals surface area contributed by atoms with Crippen molar-refractivity contribution in [3.05, 3.63) is 0 Å². The highest BCUT2D eigenvalue weighted by Gasteiger charge is 2.44. The lowest BCUT2D eigenvalue weighted by Gasteiger charge is -2.30. The molecule has 0 aromatic carbocycles. The Morgan fingerprint density at radius 2 is 1.67 bits per heavy atom. The fraction of sp³-hybridized carbons (Fsp3) is 0.889. The van der Waals surface area contributed by atoms with Crippen LogP contribution in [-0.4, -0.2) is 28.5 Å². The highest BCUT2D eigenvalue weighted by Crippen LogP contribution is 2.36. The number of hydrogen-bond acceptors (Lipinski definition) is 2. The molecule has 0 heterocycles. The second-order valence-corrected chi connectivity index (χ2v) is 3.94. The van der Waals surface area contributed by atoms with Crippen molar-refractivity contribution in [1.29, 1.82) is 0 Å². The summed E-state index contributed by atoms with van der Waals surface area (Å²) in [6.07, 6.45) is -6.23. The summed E-state index contributed by atoms with van der Waals surface area (Å²) in [7, 11) is 0. The normalized spacial score (nSPS) is 29.9. The summed E-state index contributed by atoms with van der Waals surface area (Å²) in [5.74, 6) is -2.36. The van der Waals surface area contributed by atoms with E-state index in [1.165, 1.54) is 0 Å². The van der Waals surface area contributed by atoms with E-state index in [1.807, 2.05) is 0 Å². The standard InChI is InChI=1S/C9H13F3O3/c10-9(11,12)7(13)5-1-3-6(4-2-5)8(14)15/h5-7,13H,1-4H2,(H,14,15). The number of aliphatic hydroxyl groups excluding tert-OH is 1. The van der Waals surface area contributed by atoms with Crippen LogP contribution >= 0.6 is 0 Å². The summed E-state index contributed by atoms with van der Waals surface area (Å²) in [4.78, 5) is 10.5. The van der Waals surface area contributed by atoms with E-state index in [4.69, 9.17) is 10.2 Å². The van der Waals surface area contributed by atoms with Crippen molar-refractivity contribution in [2.45, 2.75) is 38.0 Å². The van der Waals surface area contributed by atoms with Crippen LogP contribution in [0.15, 0.2) is 0 Å². The number of rotatable bonds is 2. The molecule has 1 unspecified atom stereocenters. The molecule has 6 heteroatoms. The quantitative estimate of drug-likeness (QED) is 0.754. The van der Waals surface area contributed by atoms with Crippen molar-refractivity contribution >= 4 is 5.97 Å². The van der Waals surface area contributed by atoms with Crippen LogP contribution in [0.4, 0.5) is 13.2 Å². The van der Waals surface area contributed by atoms with E-state index in [0.717, 1.165) is 0 Å². The van der Waals surface area contributed by atoms with Gasteiger partial charge in [-0.05, 0) is 31.6 Å². The smallest absolute Gasteiger partial charge is 0.414 e. The summed E-state index contributed by atoms with van der Waals surface area (Å²) in [5, 5.41) is 17.6. The highest BCUT2D eigenvalue weighted by molar-refractivity contribution is 5.69. The Balaban J connectivity index is 2.47. The van der Waals surface area contributed by atoms with Gasteiger partial charge in [0.05, 0.1) is 5.92 Å². The van der Waals surface area contributed by atoms with E-state index in [9.17, 15) is 18.0 Å². The molecule has 0 aromatic rings. The predicted molar refractivity (Wildman–Crippen MR) is 45.1 cm³/mol. The molecule has 88 valence electrons. The van der Waals surface area contributed by atoms with E-state index in [2.05, 4.69) is 0 Å². The third-order valence-corrected chi connectivity index (χ3v) is 2.90. The minimum Gasteiger partial charge on any atom is -0.481 e. The SMILES string of the molecule is O=C(O)C1CCC(C(O)C(F)(F)F)CC1. The van der Waals surface area contributed by atoms with Crippen molar-refractivity contribution in [3.63, 3.8) is 0 Å². The van der Waals surface area contributed by atoms with Gasteiger partial charge in [0, 0.05) is 0 Å². The molecule has 0 aromatic heterocycles. The first-order valence-corrected chi connectivity index (χ1v) is 4.80. The number of carbonyl (C=O) groups is 1. The van der Waals surface area contributed by atoms with Crippen LogP contribution in [0.2, 0.25) is 0 Å². The molecule has 0 radical (unpaired) electrons. The third-order valence-electron chi connectivity index (χ3n) is 2.90. The highest BCUT2D eigenvalue weighted by atomic mass is 19.4. The Morgan fingerprint density at radius 3 is 2.00 bits per heavy atom. The number of hydrogen-bond donors (Lipinski definition) is 2. The molecule has 0 saturated heterocycles. The van der Waals surface area contributed by atoms with E-state index < -0.39 is 30.1 Å². The van der Waals surface area contributed by atoms with Gasteiger partial charge < -0.3 is 10.2 Å². The summed E-state index contributed by atoms with van der Waals surface area (Å²) in [6, 6.07) is 0. The van der Waals surface area contributed by atoms with Crippen LogP contribution < -0.4 is 0 Å². The van der Waals surface area contributed by atoms with Crippen LogP contribution in [0, 0.1) is 11.8 Å². The zero-order valence-corrected chi connectivity index (χ0v) is 8.00. The molecule has 0 aliphatic heterocycles. The molecule has 1 saturated carbocycles. The van der Waals surface area contributed by atoms with Gasteiger partial charge in [0.2, 0.25) is 0 Å². The number of aliphatic carboxylic acids is 1. The molecule has 1 rings (SSSR count). The fourth-order valence-electron chi connectivity index (χ4n) is 1.95. The lowest BCUT2D eigenvalue weighted by molar-refractivity contribution is -0.222. The van der Waals surface area contributed by atoms with Crippen molar-refractivity contribution in [3.8, 4) is 0 Å². The molecule has 0 spiro atoms.